The highest BCUT2D eigenvalue weighted by atomic mass is 35.5. The molecule has 0 aliphatic heterocycles. The Morgan fingerprint density at radius 3 is 3.00 bits per heavy atom. The van der Waals surface area contributed by atoms with Crippen LogP contribution in [0.5, 0.6) is 0 Å². The van der Waals surface area contributed by atoms with Crippen LogP contribution in [0, 0.1) is 0 Å². The van der Waals surface area contributed by atoms with Crippen LogP contribution >= 0.6 is 22.9 Å². The van der Waals surface area contributed by atoms with Gasteiger partial charge in [-0.25, -0.2) is 4.98 Å². The maximum atomic E-state index is 12.0. The van der Waals surface area contributed by atoms with E-state index in [2.05, 4.69) is 15.4 Å². The average Bonchev–Trinajstić information content (AvgIpc) is 2.89. The van der Waals surface area contributed by atoms with Crippen molar-refractivity contribution in [1.82, 2.24) is 14.6 Å². The molecule has 3 aromatic rings. The minimum atomic E-state index is -0.154. The number of hydrogen-bond donors (Lipinski definition) is 1. The van der Waals surface area contributed by atoms with Crippen LogP contribution in [0.15, 0.2) is 35.1 Å². The summed E-state index contributed by atoms with van der Waals surface area (Å²) in [5.74, 6) is 0. The van der Waals surface area contributed by atoms with Gasteiger partial charge in [0.25, 0.3) is 5.56 Å². The quantitative estimate of drug-likeness (QED) is 0.803. The molecule has 0 amide bonds. The lowest BCUT2D eigenvalue weighted by Crippen LogP contribution is -2.16. The molecule has 0 saturated carbocycles. The van der Waals surface area contributed by atoms with Crippen molar-refractivity contribution in [1.29, 1.82) is 0 Å². The van der Waals surface area contributed by atoms with E-state index in [0.717, 1.165) is 17.1 Å². The number of aryl methyl sites for hydroxylation is 1. The van der Waals surface area contributed by atoms with E-state index >= 15 is 0 Å². The standard InChI is InChI=1S/C14H13ClN4OS/c1-2-12-18-19-13(20)7-11(17-14(19)21-12)8-16-10-5-3-4-9(15)6-10/h3-7,16H,2,8H2,1H3. The molecule has 21 heavy (non-hydrogen) atoms. The molecule has 0 atom stereocenters. The van der Waals surface area contributed by atoms with E-state index < -0.39 is 0 Å². The first kappa shape index (κ1) is 14.0. The van der Waals surface area contributed by atoms with Crippen molar-refractivity contribution in [3.63, 3.8) is 0 Å². The number of benzene rings is 1. The second kappa shape index (κ2) is 5.83. The third kappa shape index (κ3) is 3.06. The van der Waals surface area contributed by atoms with Crippen LogP contribution in [-0.4, -0.2) is 14.6 Å². The zero-order valence-electron chi connectivity index (χ0n) is 11.3. The molecular formula is C14H13ClN4OS. The highest BCUT2D eigenvalue weighted by Gasteiger charge is 2.07. The summed E-state index contributed by atoms with van der Waals surface area (Å²) < 4.78 is 1.35. The highest BCUT2D eigenvalue weighted by molar-refractivity contribution is 7.16. The van der Waals surface area contributed by atoms with Crippen LogP contribution in [0.4, 0.5) is 5.69 Å². The van der Waals surface area contributed by atoms with Gasteiger partial charge in [-0.3, -0.25) is 4.79 Å². The molecule has 7 heteroatoms. The number of rotatable bonds is 4. The number of nitrogens with zero attached hydrogens (tertiary/aromatic N) is 3. The van der Waals surface area contributed by atoms with Crippen molar-refractivity contribution in [2.24, 2.45) is 0 Å². The predicted molar refractivity (Wildman–Crippen MR) is 85.3 cm³/mol. The molecule has 0 spiro atoms. The van der Waals surface area contributed by atoms with E-state index in [1.165, 1.54) is 21.9 Å². The molecule has 0 fully saturated rings. The normalized spacial score (nSPS) is 11.0. The van der Waals surface area contributed by atoms with Gasteiger partial charge in [0.05, 0.1) is 12.2 Å². The third-order valence-electron chi connectivity index (χ3n) is 2.94. The Kier molecular flexibility index (Phi) is 3.90. The molecule has 0 bridgehead atoms. The molecule has 0 aliphatic rings. The van der Waals surface area contributed by atoms with E-state index in [9.17, 15) is 4.79 Å². The summed E-state index contributed by atoms with van der Waals surface area (Å²) >= 11 is 7.37. The molecule has 3 rings (SSSR count). The summed E-state index contributed by atoms with van der Waals surface area (Å²) in [4.78, 5) is 17.1. The van der Waals surface area contributed by atoms with Crippen LogP contribution in [0.25, 0.3) is 4.96 Å². The van der Waals surface area contributed by atoms with Gasteiger partial charge in [0.2, 0.25) is 4.96 Å². The van der Waals surface area contributed by atoms with Crippen LogP contribution < -0.4 is 10.9 Å². The Morgan fingerprint density at radius 2 is 2.24 bits per heavy atom. The van der Waals surface area contributed by atoms with Gasteiger partial charge in [-0.15, -0.1) is 0 Å². The van der Waals surface area contributed by atoms with Gasteiger partial charge in [-0.1, -0.05) is 35.9 Å². The number of aromatic nitrogens is 3. The van der Waals surface area contributed by atoms with Crippen LogP contribution in [0.3, 0.4) is 0 Å². The molecule has 2 heterocycles. The van der Waals surface area contributed by atoms with Crippen LogP contribution in [0.2, 0.25) is 5.02 Å². The molecule has 1 aromatic carbocycles. The topological polar surface area (TPSA) is 59.3 Å². The first-order valence-electron chi connectivity index (χ1n) is 6.54. The second-order valence-corrected chi connectivity index (χ2v) is 5.97. The first-order chi connectivity index (χ1) is 10.2. The second-order valence-electron chi connectivity index (χ2n) is 4.49. The summed E-state index contributed by atoms with van der Waals surface area (Å²) in [7, 11) is 0. The minimum Gasteiger partial charge on any atom is -0.379 e. The molecule has 5 nitrogen and oxygen atoms in total. The maximum absolute atomic E-state index is 12.0. The van der Waals surface area contributed by atoms with Gasteiger partial charge in [-0.05, 0) is 24.6 Å². The van der Waals surface area contributed by atoms with Crippen molar-refractivity contribution in [3.8, 4) is 0 Å². The van der Waals surface area contributed by atoms with E-state index in [4.69, 9.17) is 11.6 Å². The lowest BCUT2D eigenvalue weighted by molar-refractivity contribution is 0.846. The summed E-state index contributed by atoms with van der Waals surface area (Å²) in [6.07, 6.45) is 0.795. The SMILES string of the molecule is CCc1nn2c(=O)cc(CNc3cccc(Cl)c3)nc2s1. The van der Waals surface area contributed by atoms with E-state index in [-0.39, 0.29) is 5.56 Å². The third-order valence-corrected chi connectivity index (χ3v) is 4.23. The summed E-state index contributed by atoms with van der Waals surface area (Å²) in [5.41, 5.74) is 1.42. The van der Waals surface area contributed by atoms with E-state index in [1.807, 2.05) is 31.2 Å². The number of anilines is 1. The van der Waals surface area contributed by atoms with E-state index in [0.29, 0.717) is 22.2 Å². The predicted octanol–water partition coefficient (Wildman–Crippen LogP) is 2.98. The molecule has 0 aliphatic carbocycles. The van der Waals surface area contributed by atoms with Gasteiger partial charge >= 0.3 is 0 Å². The molecule has 0 unspecified atom stereocenters. The average molecular weight is 321 g/mol. The Balaban J connectivity index is 1.85. The maximum Gasteiger partial charge on any atom is 0.275 e. The highest BCUT2D eigenvalue weighted by Crippen LogP contribution is 2.16. The Hall–Kier alpha value is -1.92. The fraction of sp³-hybridized carbons (Fsp3) is 0.214. The molecule has 0 saturated heterocycles. The number of nitrogens with one attached hydrogen (secondary N) is 1. The van der Waals surface area contributed by atoms with Gasteiger partial charge in [0.1, 0.15) is 5.01 Å². The fourth-order valence-electron chi connectivity index (χ4n) is 1.92. The van der Waals surface area contributed by atoms with Crippen molar-refractivity contribution in [3.05, 3.63) is 56.4 Å². The molecule has 108 valence electrons. The first-order valence-corrected chi connectivity index (χ1v) is 7.73. The van der Waals surface area contributed by atoms with Gasteiger partial charge < -0.3 is 5.32 Å². The van der Waals surface area contributed by atoms with Gasteiger partial charge in [0, 0.05) is 16.8 Å². The molecule has 1 N–H and O–H groups in total. The number of halogens is 1. The minimum absolute atomic E-state index is 0.154. The Bertz CT molecular complexity index is 842. The zero-order chi connectivity index (χ0) is 14.8. The van der Waals surface area contributed by atoms with Gasteiger partial charge in [0.15, 0.2) is 0 Å². The monoisotopic (exact) mass is 320 g/mol. The molecular weight excluding hydrogens is 308 g/mol. The summed E-state index contributed by atoms with van der Waals surface area (Å²) in [6, 6.07) is 8.93. The number of hydrogen-bond acceptors (Lipinski definition) is 5. The smallest absolute Gasteiger partial charge is 0.275 e. The Labute approximate surface area is 130 Å². The number of fused-ring (bicyclic) bond motifs is 1. The zero-order valence-corrected chi connectivity index (χ0v) is 12.9. The summed E-state index contributed by atoms with van der Waals surface area (Å²) in [5, 5.41) is 9.00. The largest absolute Gasteiger partial charge is 0.379 e. The summed E-state index contributed by atoms with van der Waals surface area (Å²) in [6.45, 7) is 2.47. The molecule has 2 aromatic heterocycles. The van der Waals surface area contributed by atoms with Crippen molar-refractivity contribution < 1.29 is 0 Å². The lowest BCUT2D eigenvalue weighted by Gasteiger charge is -2.05. The van der Waals surface area contributed by atoms with Crippen LogP contribution in [-0.2, 0) is 13.0 Å². The van der Waals surface area contributed by atoms with Crippen LogP contribution in [0.1, 0.15) is 17.6 Å². The van der Waals surface area contributed by atoms with Gasteiger partial charge in [-0.2, -0.15) is 9.61 Å². The van der Waals surface area contributed by atoms with Crippen molar-refractivity contribution in [2.75, 3.05) is 5.32 Å². The fourth-order valence-corrected chi connectivity index (χ4v) is 2.97. The van der Waals surface area contributed by atoms with Crippen molar-refractivity contribution >= 4 is 33.6 Å². The molecule has 0 radical (unpaired) electrons. The Morgan fingerprint density at radius 1 is 1.38 bits per heavy atom. The van der Waals surface area contributed by atoms with E-state index in [1.54, 1.807) is 0 Å². The lowest BCUT2D eigenvalue weighted by atomic mass is 10.3. The van der Waals surface area contributed by atoms with Crippen molar-refractivity contribution in [2.45, 2.75) is 19.9 Å².